The number of halogens is 1. The topological polar surface area (TPSA) is 88.7 Å². The number of benzene rings is 1. The Balaban J connectivity index is 1.93. The van der Waals surface area contributed by atoms with Gasteiger partial charge < -0.3 is 20.1 Å². The van der Waals surface area contributed by atoms with Crippen molar-refractivity contribution in [2.45, 2.75) is 51.1 Å². The summed E-state index contributed by atoms with van der Waals surface area (Å²) in [5.41, 5.74) is 0.536. The first kappa shape index (κ1) is 20.2. The maximum atomic E-state index is 12.3. The Hall–Kier alpha value is -2.15. The molecular weight excluding hydrogens is 358 g/mol. The Morgan fingerprint density at radius 2 is 1.77 bits per heavy atom. The van der Waals surface area contributed by atoms with E-state index in [9.17, 15) is 9.59 Å². The van der Waals surface area contributed by atoms with E-state index in [1.54, 1.807) is 19.1 Å². The van der Waals surface area contributed by atoms with Crippen LogP contribution in [0.4, 0.5) is 10.5 Å². The van der Waals surface area contributed by atoms with Crippen LogP contribution in [0.15, 0.2) is 12.1 Å². The summed E-state index contributed by atoms with van der Waals surface area (Å²) in [7, 11) is 3.02. The molecule has 1 aliphatic rings. The van der Waals surface area contributed by atoms with Gasteiger partial charge in [0.05, 0.1) is 24.9 Å². The van der Waals surface area contributed by atoms with Crippen LogP contribution >= 0.6 is 11.6 Å². The van der Waals surface area contributed by atoms with Crippen molar-refractivity contribution >= 4 is 29.2 Å². The van der Waals surface area contributed by atoms with Crippen LogP contribution in [0.25, 0.3) is 0 Å². The van der Waals surface area contributed by atoms with Crippen molar-refractivity contribution in [2.24, 2.45) is 0 Å². The summed E-state index contributed by atoms with van der Waals surface area (Å²) in [6, 6.07) is 2.26. The van der Waals surface area contributed by atoms with E-state index >= 15 is 0 Å². The summed E-state index contributed by atoms with van der Waals surface area (Å²) in [5, 5.41) is 8.62. The third kappa shape index (κ3) is 5.42. The molecule has 2 rings (SSSR count). The lowest BCUT2D eigenvalue weighted by Crippen LogP contribution is -2.49. The highest BCUT2D eigenvalue weighted by Crippen LogP contribution is 2.36. The number of nitrogens with one attached hydrogen (secondary N) is 3. The molecule has 0 radical (unpaired) electrons. The summed E-state index contributed by atoms with van der Waals surface area (Å²) < 4.78 is 10.4. The first-order valence-corrected chi connectivity index (χ1v) is 9.11. The van der Waals surface area contributed by atoms with Gasteiger partial charge in [0.2, 0.25) is 5.91 Å². The van der Waals surface area contributed by atoms with Crippen molar-refractivity contribution in [3.05, 3.63) is 17.2 Å². The molecule has 1 aromatic rings. The molecule has 3 amide bonds. The first-order chi connectivity index (χ1) is 12.4. The van der Waals surface area contributed by atoms with E-state index in [0.29, 0.717) is 22.2 Å². The number of carbonyl (C=O) groups excluding carboxylic acids is 2. The molecule has 0 saturated heterocycles. The number of hydrogen-bond acceptors (Lipinski definition) is 5. The minimum atomic E-state index is -0.662. The van der Waals surface area contributed by atoms with Gasteiger partial charge in [-0.25, -0.2) is 4.79 Å². The van der Waals surface area contributed by atoms with Crippen LogP contribution in [0.2, 0.25) is 5.02 Å². The second kappa shape index (κ2) is 9.52. The maximum absolute atomic E-state index is 12.3. The van der Waals surface area contributed by atoms with Crippen molar-refractivity contribution in [3.63, 3.8) is 0 Å². The number of methoxy groups -OCH3 is 2. The monoisotopic (exact) mass is 383 g/mol. The second-order valence-corrected chi connectivity index (χ2v) is 6.76. The number of ether oxygens (including phenoxy) is 2. The molecule has 0 aliphatic heterocycles. The van der Waals surface area contributed by atoms with Gasteiger partial charge in [-0.15, -0.1) is 0 Å². The molecule has 7 nitrogen and oxygen atoms in total. The molecule has 26 heavy (non-hydrogen) atoms. The largest absolute Gasteiger partial charge is 0.495 e. The molecule has 0 heterocycles. The van der Waals surface area contributed by atoms with Crippen LogP contribution in [-0.4, -0.2) is 38.2 Å². The third-order valence-electron chi connectivity index (χ3n) is 4.42. The molecule has 8 heteroatoms. The van der Waals surface area contributed by atoms with Crippen molar-refractivity contribution in [1.29, 1.82) is 0 Å². The van der Waals surface area contributed by atoms with Crippen molar-refractivity contribution in [1.82, 2.24) is 10.6 Å². The number of imide groups is 1. The van der Waals surface area contributed by atoms with Crippen LogP contribution in [0.1, 0.15) is 39.0 Å². The van der Waals surface area contributed by atoms with E-state index in [2.05, 4.69) is 16.0 Å². The van der Waals surface area contributed by atoms with E-state index in [0.717, 1.165) is 25.7 Å². The standard InChI is InChI=1S/C18H26ClN3O4/c1-11(17(23)22-18(24)21-12-7-5-4-6-8-12)20-14-9-13(19)15(25-2)10-16(14)26-3/h9-12,20H,4-8H2,1-3H3,(H2,21,22,23,24). The van der Waals surface area contributed by atoms with Crippen LogP contribution in [0, 0.1) is 0 Å². The Morgan fingerprint density at radius 1 is 1.12 bits per heavy atom. The normalized spacial score (nSPS) is 15.7. The lowest BCUT2D eigenvalue weighted by molar-refractivity contribution is -0.120. The van der Waals surface area contributed by atoms with Crippen LogP contribution in [0.5, 0.6) is 11.5 Å². The Labute approximate surface area is 158 Å². The fraction of sp³-hybridized carbons (Fsp3) is 0.556. The first-order valence-electron chi connectivity index (χ1n) is 8.74. The smallest absolute Gasteiger partial charge is 0.321 e. The van der Waals surface area contributed by atoms with Gasteiger partial charge in [0.1, 0.15) is 17.5 Å². The fourth-order valence-electron chi connectivity index (χ4n) is 2.96. The number of anilines is 1. The Bertz CT molecular complexity index is 648. The summed E-state index contributed by atoms with van der Waals surface area (Å²) >= 11 is 6.13. The van der Waals surface area contributed by atoms with E-state index in [1.807, 2.05) is 0 Å². The zero-order valence-electron chi connectivity index (χ0n) is 15.4. The predicted octanol–water partition coefficient (Wildman–Crippen LogP) is 3.32. The molecule has 144 valence electrons. The summed E-state index contributed by atoms with van der Waals surface area (Å²) in [6.45, 7) is 1.65. The number of hydrogen-bond donors (Lipinski definition) is 3. The van der Waals surface area contributed by atoms with Gasteiger partial charge in [0.25, 0.3) is 0 Å². The van der Waals surface area contributed by atoms with Crippen LogP contribution < -0.4 is 25.4 Å². The van der Waals surface area contributed by atoms with Crippen molar-refractivity contribution in [2.75, 3.05) is 19.5 Å². The van der Waals surface area contributed by atoms with E-state index in [1.165, 1.54) is 20.6 Å². The minimum absolute atomic E-state index is 0.139. The van der Waals surface area contributed by atoms with E-state index in [4.69, 9.17) is 21.1 Å². The second-order valence-electron chi connectivity index (χ2n) is 6.35. The summed E-state index contributed by atoms with van der Waals surface area (Å²) in [4.78, 5) is 24.3. The third-order valence-corrected chi connectivity index (χ3v) is 4.71. The molecule has 1 unspecified atom stereocenters. The minimum Gasteiger partial charge on any atom is -0.495 e. The summed E-state index contributed by atoms with van der Waals surface area (Å²) in [5.74, 6) is 0.517. The van der Waals surface area contributed by atoms with Crippen molar-refractivity contribution < 1.29 is 19.1 Å². The van der Waals surface area contributed by atoms with E-state index in [-0.39, 0.29) is 6.04 Å². The zero-order valence-corrected chi connectivity index (χ0v) is 16.1. The van der Waals surface area contributed by atoms with Gasteiger partial charge in [-0.2, -0.15) is 0 Å². The number of urea groups is 1. The van der Waals surface area contributed by atoms with Crippen molar-refractivity contribution in [3.8, 4) is 11.5 Å². The lowest BCUT2D eigenvalue weighted by atomic mass is 9.96. The van der Waals surface area contributed by atoms with Gasteiger partial charge in [-0.1, -0.05) is 30.9 Å². The van der Waals surface area contributed by atoms with Gasteiger partial charge in [0.15, 0.2) is 0 Å². The quantitative estimate of drug-likeness (QED) is 0.701. The molecule has 3 N–H and O–H groups in total. The van der Waals surface area contributed by atoms with Gasteiger partial charge in [0, 0.05) is 12.1 Å². The molecule has 0 aromatic heterocycles. The summed E-state index contributed by atoms with van der Waals surface area (Å²) in [6.07, 6.45) is 5.32. The number of carbonyl (C=O) groups is 2. The molecule has 1 fully saturated rings. The highest BCUT2D eigenvalue weighted by Gasteiger charge is 2.21. The molecule has 1 saturated carbocycles. The van der Waals surface area contributed by atoms with Gasteiger partial charge in [-0.05, 0) is 25.8 Å². The van der Waals surface area contributed by atoms with Crippen LogP contribution in [0.3, 0.4) is 0 Å². The van der Waals surface area contributed by atoms with E-state index < -0.39 is 18.0 Å². The average molecular weight is 384 g/mol. The molecule has 1 aliphatic carbocycles. The average Bonchev–Trinajstić information content (AvgIpc) is 2.62. The number of rotatable bonds is 6. The lowest BCUT2D eigenvalue weighted by Gasteiger charge is -2.23. The highest BCUT2D eigenvalue weighted by atomic mass is 35.5. The maximum Gasteiger partial charge on any atom is 0.321 e. The molecule has 0 spiro atoms. The van der Waals surface area contributed by atoms with Crippen LogP contribution in [-0.2, 0) is 4.79 Å². The van der Waals surface area contributed by atoms with Gasteiger partial charge >= 0.3 is 6.03 Å². The Kier molecular flexibility index (Phi) is 7.38. The SMILES string of the molecule is COc1cc(OC)c(NC(C)C(=O)NC(=O)NC2CCCCC2)cc1Cl. The molecular formula is C18H26ClN3O4. The van der Waals surface area contributed by atoms with Gasteiger partial charge in [-0.3, -0.25) is 10.1 Å². The molecule has 1 aromatic carbocycles. The fourth-order valence-corrected chi connectivity index (χ4v) is 3.20. The molecule has 0 bridgehead atoms. The Morgan fingerprint density at radius 3 is 2.38 bits per heavy atom. The molecule has 1 atom stereocenters. The number of amides is 3. The zero-order chi connectivity index (χ0) is 19.1. The highest BCUT2D eigenvalue weighted by molar-refractivity contribution is 6.32. The predicted molar refractivity (Wildman–Crippen MR) is 101 cm³/mol.